The van der Waals surface area contributed by atoms with Crippen LogP contribution in [0.4, 0.5) is 5.69 Å². The zero-order chi connectivity index (χ0) is 19.2. The third kappa shape index (κ3) is 4.48. The number of carbonyl (C=O) groups is 2. The number of unbranched alkanes of at least 4 members (excludes halogenated alkanes) is 1. The van der Waals surface area contributed by atoms with Crippen LogP contribution >= 0.6 is 0 Å². The number of aromatic nitrogens is 1. The Hall–Kier alpha value is -2.83. The molecule has 0 saturated carbocycles. The number of hydrogen-bond acceptors (Lipinski definition) is 5. The molecule has 2 aromatic heterocycles. The van der Waals surface area contributed by atoms with Gasteiger partial charge in [0.2, 0.25) is 0 Å². The molecular weight excluding hydrogens is 344 g/mol. The van der Waals surface area contributed by atoms with Gasteiger partial charge in [0.1, 0.15) is 5.69 Å². The van der Waals surface area contributed by atoms with Crippen LogP contribution in [0.25, 0.3) is 0 Å². The molecule has 1 aliphatic rings. The molecule has 7 heteroatoms. The molecule has 0 bridgehead atoms. The van der Waals surface area contributed by atoms with Gasteiger partial charge in [-0.05, 0) is 30.7 Å². The molecule has 3 rings (SSSR count). The summed E-state index contributed by atoms with van der Waals surface area (Å²) >= 11 is 0. The number of piperazine rings is 1. The molecule has 0 radical (unpaired) electrons. The Morgan fingerprint density at radius 1 is 1.15 bits per heavy atom. The first kappa shape index (κ1) is 18.9. The van der Waals surface area contributed by atoms with Crippen LogP contribution in [-0.2, 0) is 0 Å². The summed E-state index contributed by atoms with van der Waals surface area (Å²) in [5.41, 5.74) is 1.44. The van der Waals surface area contributed by atoms with Crippen LogP contribution in [0, 0.1) is 0 Å². The Balaban J connectivity index is 1.60. The van der Waals surface area contributed by atoms with Gasteiger partial charge < -0.3 is 19.1 Å². The molecule has 0 unspecified atom stereocenters. The van der Waals surface area contributed by atoms with Crippen LogP contribution in [0.5, 0.6) is 0 Å². The molecule has 2 amide bonds. The fourth-order valence-corrected chi connectivity index (χ4v) is 3.13. The molecule has 1 saturated heterocycles. The quantitative estimate of drug-likeness (QED) is 0.781. The summed E-state index contributed by atoms with van der Waals surface area (Å²) in [6.45, 7) is 5.06. The van der Waals surface area contributed by atoms with Gasteiger partial charge in [-0.3, -0.25) is 14.6 Å². The largest absolute Gasteiger partial charge is 0.459 e. The number of pyridine rings is 1. The molecular formula is C20H26N4O3. The topological polar surface area (TPSA) is 69.9 Å². The van der Waals surface area contributed by atoms with Gasteiger partial charge in [0, 0.05) is 51.7 Å². The zero-order valence-corrected chi connectivity index (χ0v) is 15.9. The SMILES string of the molecule is CCCCN(C)c1ccnc(C(=O)N2CCN(C(=O)c3ccco3)CC2)c1. The van der Waals surface area contributed by atoms with Crippen molar-refractivity contribution in [3.63, 3.8) is 0 Å². The monoisotopic (exact) mass is 370 g/mol. The Labute approximate surface area is 159 Å². The summed E-state index contributed by atoms with van der Waals surface area (Å²) in [4.78, 5) is 35.0. The average Bonchev–Trinajstić information content (AvgIpc) is 3.26. The Bertz CT molecular complexity index is 767. The first-order valence-corrected chi connectivity index (χ1v) is 9.39. The molecule has 1 fully saturated rings. The minimum atomic E-state index is -0.134. The van der Waals surface area contributed by atoms with Crippen molar-refractivity contribution in [1.29, 1.82) is 0 Å². The first-order chi connectivity index (χ1) is 13.1. The minimum absolute atomic E-state index is 0.0918. The summed E-state index contributed by atoms with van der Waals surface area (Å²) < 4.78 is 5.17. The molecule has 1 aliphatic heterocycles. The molecule has 3 heterocycles. The number of nitrogens with zero attached hydrogens (tertiary/aromatic N) is 4. The van der Waals surface area contributed by atoms with Crippen molar-refractivity contribution >= 4 is 17.5 Å². The molecule has 0 atom stereocenters. The molecule has 2 aromatic rings. The normalized spacial score (nSPS) is 14.3. The summed E-state index contributed by atoms with van der Waals surface area (Å²) in [7, 11) is 2.03. The van der Waals surface area contributed by atoms with Gasteiger partial charge in [-0.1, -0.05) is 13.3 Å². The van der Waals surface area contributed by atoms with Crippen molar-refractivity contribution in [3.05, 3.63) is 48.2 Å². The van der Waals surface area contributed by atoms with Gasteiger partial charge in [-0.25, -0.2) is 0 Å². The van der Waals surface area contributed by atoms with E-state index in [9.17, 15) is 9.59 Å². The highest BCUT2D eigenvalue weighted by molar-refractivity contribution is 5.94. The third-order valence-corrected chi connectivity index (χ3v) is 4.84. The van der Waals surface area contributed by atoms with Gasteiger partial charge in [0.05, 0.1) is 6.26 Å². The molecule has 0 spiro atoms. The first-order valence-electron chi connectivity index (χ1n) is 9.39. The van der Waals surface area contributed by atoms with Crippen molar-refractivity contribution in [1.82, 2.24) is 14.8 Å². The van der Waals surface area contributed by atoms with E-state index in [4.69, 9.17) is 4.42 Å². The average molecular weight is 370 g/mol. The van der Waals surface area contributed by atoms with Gasteiger partial charge in [-0.2, -0.15) is 0 Å². The van der Waals surface area contributed by atoms with E-state index in [1.54, 1.807) is 28.1 Å². The van der Waals surface area contributed by atoms with Gasteiger partial charge in [0.15, 0.2) is 5.76 Å². The van der Waals surface area contributed by atoms with Crippen molar-refractivity contribution in [2.45, 2.75) is 19.8 Å². The number of carbonyl (C=O) groups excluding carboxylic acids is 2. The van der Waals surface area contributed by atoms with Gasteiger partial charge >= 0.3 is 0 Å². The predicted octanol–water partition coefficient (Wildman–Crippen LogP) is 2.51. The van der Waals surface area contributed by atoms with Crippen molar-refractivity contribution in [2.75, 3.05) is 44.7 Å². The fourth-order valence-electron chi connectivity index (χ4n) is 3.13. The van der Waals surface area contributed by atoms with Crippen LogP contribution in [0.15, 0.2) is 41.1 Å². The summed E-state index contributed by atoms with van der Waals surface area (Å²) in [5, 5.41) is 0. The number of furan rings is 1. The number of rotatable bonds is 6. The van der Waals surface area contributed by atoms with E-state index in [0.29, 0.717) is 37.6 Å². The van der Waals surface area contributed by atoms with E-state index >= 15 is 0 Å². The summed E-state index contributed by atoms with van der Waals surface area (Å²) in [5.74, 6) is 0.106. The van der Waals surface area contributed by atoms with Crippen molar-refractivity contribution in [2.24, 2.45) is 0 Å². The summed E-state index contributed by atoms with van der Waals surface area (Å²) in [6.07, 6.45) is 5.40. The minimum Gasteiger partial charge on any atom is -0.459 e. The molecule has 144 valence electrons. The standard InChI is InChI=1S/C20H26N4O3/c1-3-4-9-22(2)16-7-8-21-17(15-16)19(25)23-10-12-24(13-11-23)20(26)18-6-5-14-27-18/h5-8,14-15H,3-4,9-13H2,1-2H3. The lowest BCUT2D eigenvalue weighted by atomic mass is 10.2. The number of amides is 2. The molecule has 0 aromatic carbocycles. The maximum Gasteiger partial charge on any atom is 0.289 e. The molecule has 27 heavy (non-hydrogen) atoms. The van der Waals surface area contributed by atoms with Crippen molar-refractivity contribution in [3.8, 4) is 0 Å². The second-order valence-corrected chi connectivity index (χ2v) is 6.74. The fraction of sp³-hybridized carbons (Fsp3) is 0.450. The van der Waals surface area contributed by atoms with Crippen LogP contribution < -0.4 is 4.90 Å². The molecule has 0 aliphatic carbocycles. The second-order valence-electron chi connectivity index (χ2n) is 6.74. The smallest absolute Gasteiger partial charge is 0.289 e. The lowest BCUT2D eigenvalue weighted by Crippen LogP contribution is -2.50. The van der Waals surface area contributed by atoms with Crippen LogP contribution in [0.2, 0.25) is 0 Å². The van der Waals surface area contributed by atoms with Crippen LogP contribution in [0.1, 0.15) is 40.8 Å². The number of hydrogen-bond donors (Lipinski definition) is 0. The lowest BCUT2D eigenvalue weighted by molar-refractivity contribution is 0.0515. The van der Waals surface area contributed by atoms with E-state index in [-0.39, 0.29) is 11.8 Å². The van der Waals surface area contributed by atoms with Gasteiger partial charge in [-0.15, -0.1) is 0 Å². The maximum absolute atomic E-state index is 12.8. The third-order valence-electron chi connectivity index (χ3n) is 4.84. The predicted molar refractivity (Wildman–Crippen MR) is 103 cm³/mol. The van der Waals surface area contributed by atoms with E-state index < -0.39 is 0 Å². The van der Waals surface area contributed by atoms with Crippen LogP contribution in [-0.4, -0.2) is 66.4 Å². The highest BCUT2D eigenvalue weighted by atomic mass is 16.3. The highest BCUT2D eigenvalue weighted by Crippen LogP contribution is 2.16. The van der Waals surface area contributed by atoms with Crippen molar-refractivity contribution < 1.29 is 14.0 Å². The molecule has 0 N–H and O–H groups in total. The highest BCUT2D eigenvalue weighted by Gasteiger charge is 2.27. The lowest BCUT2D eigenvalue weighted by Gasteiger charge is -2.34. The maximum atomic E-state index is 12.8. The zero-order valence-electron chi connectivity index (χ0n) is 15.9. The number of anilines is 1. The molecule has 7 nitrogen and oxygen atoms in total. The van der Waals surface area contributed by atoms with Crippen LogP contribution in [0.3, 0.4) is 0 Å². The van der Waals surface area contributed by atoms with E-state index in [2.05, 4.69) is 16.8 Å². The van der Waals surface area contributed by atoms with E-state index in [1.165, 1.54) is 6.26 Å². The Kier molecular flexibility index (Phi) is 6.11. The second kappa shape index (κ2) is 8.70. The van der Waals surface area contributed by atoms with Gasteiger partial charge in [0.25, 0.3) is 11.8 Å². The van der Waals surface area contributed by atoms with E-state index in [0.717, 1.165) is 25.1 Å². The Morgan fingerprint density at radius 3 is 2.48 bits per heavy atom. The summed E-state index contributed by atoms with van der Waals surface area (Å²) in [6, 6.07) is 7.12. The van der Waals surface area contributed by atoms with E-state index in [1.807, 2.05) is 19.2 Å². The Morgan fingerprint density at radius 2 is 1.85 bits per heavy atom.